The van der Waals surface area contributed by atoms with E-state index in [1.165, 1.54) is 11.1 Å². The molecule has 0 radical (unpaired) electrons. The predicted molar refractivity (Wildman–Crippen MR) is 89.0 cm³/mol. The van der Waals surface area contributed by atoms with E-state index in [-0.39, 0.29) is 0 Å². The summed E-state index contributed by atoms with van der Waals surface area (Å²) in [4.78, 5) is 0. The van der Waals surface area contributed by atoms with Crippen LogP contribution in [-0.4, -0.2) is 26.4 Å². The average Bonchev–Trinajstić information content (AvgIpc) is 2.45. The third kappa shape index (κ3) is 6.96. The Hall–Kier alpha value is -1.06. The lowest BCUT2D eigenvalue weighted by molar-refractivity contribution is 0.0817. The van der Waals surface area contributed by atoms with E-state index in [0.717, 1.165) is 25.3 Å². The lowest BCUT2D eigenvalue weighted by Crippen LogP contribution is -2.19. The molecule has 1 N–H and O–H groups in total. The molecule has 120 valence electrons. The van der Waals surface area contributed by atoms with Crippen LogP contribution in [-0.2, 0) is 4.74 Å². The molecule has 0 aliphatic rings. The van der Waals surface area contributed by atoms with Gasteiger partial charge in [0.25, 0.3) is 0 Å². The van der Waals surface area contributed by atoms with Crippen molar-refractivity contribution >= 4 is 0 Å². The molecule has 0 saturated heterocycles. The average molecular weight is 293 g/mol. The lowest BCUT2D eigenvalue weighted by Gasteiger charge is -2.16. The van der Waals surface area contributed by atoms with Crippen LogP contribution in [0, 0.1) is 12.8 Å². The minimum atomic E-state index is 0.382. The molecule has 1 aromatic carbocycles. The topological polar surface area (TPSA) is 30.5 Å². The van der Waals surface area contributed by atoms with E-state index < -0.39 is 0 Å². The summed E-state index contributed by atoms with van der Waals surface area (Å²) in [7, 11) is 0. The Bertz CT molecular complexity index is 404. The van der Waals surface area contributed by atoms with Crippen molar-refractivity contribution in [2.75, 3.05) is 26.4 Å². The first-order valence-electron chi connectivity index (χ1n) is 8.09. The predicted octanol–water partition coefficient (Wildman–Crippen LogP) is 4.11. The number of benzene rings is 1. The zero-order chi connectivity index (χ0) is 15.7. The molecule has 0 spiro atoms. The fourth-order valence-electron chi connectivity index (χ4n) is 2.11. The van der Waals surface area contributed by atoms with Gasteiger partial charge in [0.1, 0.15) is 12.4 Å². The van der Waals surface area contributed by atoms with Gasteiger partial charge >= 0.3 is 0 Å². The maximum atomic E-state index is 5.79. The largest absolute Gasteiger partial charge is 0.491 e. The molecule has 1 unspecified atom stereocenters. The molecule has 21 heavy (non-hydrogen) atoms. The third-order valence-corrected chi connectivity index (χ3v) is 3.34. The van der Waals surface area contributed by atoms with E-state index in [9.17, 15) is 0 Å². The van der Waals surface area contributed by atoms with Gasteiger partial charge in [-0.05, 0) is 49.9 Å². The Morgan fingerprint density at radius 3 is 2.52 bits per heavy atom. The van der Waals surface area contributed by atoms with Gasteiger partial charge in [0.2, 0.25) is 0 Å². The summed E-state index contributed by atoms with van der Waals surface area (Å²) in [5, 5.41) is 3.50. The summed E-state index contributed by atoms with van der Waals surface area (Å²) in [6, 6.07) is 6.80. The molecule has 0 fully saturated rings. The fourth-order valence-corrected chi connectivity index (χ4v) is 2.11. The molecule has 0 aliphatic carbocycles. The molecular formula is C18H31NO2. The summed E-state index contributed by atoms with van der Waals surface area (Å²) in [5.41, 5.74) is 2.49. The van der Waals surface area contributed by atoms with Crippen LogP contribution in [0.25, 0.3) is 0 Å². The monoisotopic (exact) mass is 293 g/mol. The smallest absolute Gasteiger partial charge is 0.122 e. The molecule has 3 nitrogen and oxygen atoms in total. The van der Waals surface area contributed by atoms with E-state index in [1.807, 2.05) is 0 Å². The summed E-state index contributed by atoms with van der Waals surface area (Å²) in [5.74, 6) is 1.53. The van der Waals surface area contributed by atoms with Crippen molar-refractivity contribution in [1.29, 1.82) is 0 Å². The van der Waals surface area contributed by atoms with Gasteiger partial charge < -0.3 is 14.8 Å². The van der Waals surface area contributed by atoms with Gasteiger partial charge in [0.05, 0.1) is 6.61 Å². The van der Waals surface area contributed by atoms with Crippen molar-refractivity contribution in [3.63, 3.8) is 0 Å². The number of hydrogen-bond acceptors (Lipinski definition) is 3. The summed E-state index contributed by atoms with van der Waals surface area (Å²) in [6.07, 6.45) is 1.15. The second-order valence-electron chi connectivity index (χ2n) is 6.02. The molecule has 0 amide bonds. The lowest BCUT2D eigenvalue weighted by atomic mass is 10.0. The van der Waals surface area contributed by atoms with Crippen LogP contribution < -0.4 is 10.1 Å². The number of nitrogens with one attached hydrogen (secondary N) is 1. The Labute approximate surface area is 130 Å². The van der Waals surface area contributed by atoms with Crippen molar-refractivity contribution in [2.45, 2.75) is 47.1 Å². The highest BCUT2D eigenvalue weighted by atomic mass is 16.5. The summed E-state index contributed by atoms with van der Waals surface area (Å²) < 4.78 is 11.3. The van der Waals surface area contributed by atoms with E-state index in [1.54, 1.807) is 0 Å². The van der Waals surface area contributed by atoms with Crippen molar-refractivity contribution in [3.8, 4) is 5.75 Å². The first kappa shape index (κ1) is 18.0. The normalized spacial score (nSPS) is 12.7. The standard InChI is InChI=1S/C18H31NO2/c1-6-9-19-16(5)17-7-8-18(15(4)12-17)21-11-10-20-13-14(2)3/h7-8,12,14,16,19H,6,9-11,13H2,1-5H3. The Balaban J connectivity index is 2.43. The van der Waals surface area contributed by atoms with Crippen LogP contribution in [0.15, 0.2) is 18.2 Å². The minimum Gasteiger partial charge on any atom is -0.491 e. The highest BCUT2D eigenvalue weighted by Crippen LogP contribution is 2.22. The van der Waals surface area contributed by atoms with Crippen LogP contribution in [0.4, 0.5) is 0 Å². The third-order valence-electron chi connectivity index (χ3n) is 3.34. The van der Waals surface area contributed by atoms with E-state index in [0.29, 0.717) is 25.2 Å². The van der Waals surface area contributed by atoms with Crippen molar-refractivity contribution in [2.24, 2.45) is 5.92 Å². The Morgan fingerprint density at radius 1 is 1.14 bits per heavy atom. The first-order valence-corrected chi connectivity index (χ1v) is 8.09. The van der Waals surface area contributed by atoms with Crippen LogP contribution in [0.3, 0.4) is 0 Å². The van der Waals surface area contributed by atoms with Gasteiger partial charge in [-0.15, -0.1) is 0 Å². The molecule has 3 heteroatoms. The number of hydrogen-bond donors (Lipinski definition) is 1. The molecule has 0 aromatic heterocycles. The molecule has 0 aliphatic heterocycles. The fraction of sp³-hybridized carbons (Fsp3) is 0.667. The zero-order valence-electron chi connectivity index (χ0n) is 14.2. The molecule has 1 rings (SSSR count). The number of ether oxygens (including phenoxy) is 2. The maximum Gasteiger partial charge on any atom is 0.122 e. The van der Waals surface area contributed by atoms with E-state index in [4.69, 9.17) is 9.47 Å². The van der Waals surface area contributed by atoms with Gasteiger partial charge in [-0.2, -0.15) is 0 Å². The first-order chi connectivity index (χ1) is 10.0. The Kier molecular flexibility index (Phi) is 8.40. The van der Waals surface area contributed by atoms with Crippen molar-refractivity contribution in [3.05, 3.63) is 29.3 Å². The minimum absolute atomic E-state index is 0.382. The van der Waals surface area contributed by atoms with Crippen LogP contribution in [0.5, 0.6) is 5.75 Å². The summed E-state index contributed by atoms with van der Waals surface area (Å²) in [6.45, 7) is 13.9. The Morgan fingerprint density at radius 2 is 1.90 bits per heavy atom. The van der Waals surface area contributed by atoms with Gasteiger partial charge in [0.15, 0.2) is 0 Å². The molecule has 1 aromatic rings. The molecule has 1 atom stereocenters. The van der Waals surface area contributed by atoms with Gasteiger partial charge in [-0.1, -0.05) is 32.9 Å². The highest BCUT2D eigenvalue weighted by Gasteiger charge is 2.07. The zero-order valence-corrected chi connectivity index (χ0v) is 14.2. The molecule has 0 saturated carbocycles. The second kappa shape index (κ2) is 9.80. The highest BCUT2D eigenvalue weighted by molar-refractivity contribution is 5.37. The van der Waals surface area contributed by atoms with Crippen LogP contribution in [0.2, 0.25) is 0 Å². The van der Waals surface area contributed by atoms with Crippen molar-refractivity contribution in [1.82, 2.24) is 5.32 Å². The maximum absolute atomic E-state index is 5.79. The molecule has 0 bridgehead atoms. The number of aryl methyl sites for hydroxylation is 1. The van der Waals surface area contributed by atoms with Crippen LogP contribution in [0.1, 0.15) is 51.3 Å². The van der Waals surface area contributed by atoms with E-state index in [2.05, 4.69) is 58.1 Å². The SMILES string of the molecule is CCCNC(C)c1ccc(OCCOCC(C)C)c(C)c1. The quantitative estimate of drug-likeness (QED) is 0.659. The van der Waals surface area contributed by atoms with Gasteiger partial charge in [-0.3, -0.25) is 0 Å². The molecular weight excluding hydrogens is 262 g/mol. The number of rotatable bonds is 10. The van der Waals surface area contributed by atoms with Crippen molar-refractivity contribution < 1.29 is 9.47 Å². The molecule has 0 heterocycles. The van der Waals surface area contributed by atoms with Crippen LogP contribution >= 0.6 is 0 Å². The van der Waals surface area contributed by atoms with E-state index >= 15 is 0 Å². The van der Waals surface area contributed by atoms with Gasteiger partial charge in [-0.25, -0.2) is 0 Å². The van der Waals surface area contributed by atoms with Gasteiger partial charge in [0, 0.05) is 12.6 Å². The second-order valence-corrected chi connectivity index (χ2v) is 6.02. The summed E-state index contributed by atoms with van der Waals surface area (Å²) >= 11 is 0.